The minimum absolute atomic E-state index is 0.0324. The fourth-order valence-electron chi connectivity index (χ4n) is 4.22. The van der Waals surface area contributed by atoms with Crippen LogP contribution in [0.4, 0.5) is 0 Å². The minimum atomic E-state index is -0.708. The minimum Gasteiger partial charge on any atom is -0.425 e. The number of esters is 1. The highest BCUT2D eigenvalue weighted by molar-refractivity contribution is 5.88. The molecular formula is C25H29N5O3. The van der Waals surface area contributed by atoms with Crippen molar-refractivity contribution in [1.29, 1.82) is 0 Å². The number of aromatic amines is 1. The van der Waals surface area contributed by atoms with E-state index in [9.17, 15) is 9.59 Å². The number of hydrogen-bond donors (Lipinski definition) is 2. The second-order valence-electron chi connectivity index (χ2n) is 8.82. The van der Waals surface area contributed by atoms with E-state index in [-0.39, 0.29) is 17.7 Å². The van der Waals surface area contributed by atoms with Crippen LogP contribution in [0.25, 0.3) is 22.3 Å². The number of aromatic nitrogens is 3. The number of benzene rings is 1. The molecule has 3 N–H and O–H groups in total. The molecule has 33 heavy (non-hydrogen) atoms. The molecule has 4 rings (SSSR count). The maximum atomic E-state index is 12.4. The fourth-order valence-corrected chi connectivity index (χ4v) is 4.22. The lowest BCUT2D eigenvalue weighted by Crippen LogP contribution is -2.38. The third-order valence-corrected chi connectivity index (χ3v) is 6.30. The monoisotopic (exact) mass is 447 g/mol. The van der Waals surface area contributed by atoms with Gasteiger partial charge in [-0.15, -0.1) is 10.2 Å². The number of hydrogen-bond acceptors (Lipinski definition) is 6. The Morgan fingerprint density at radius 1 is 1.30 bits per heavy atom. The molecule has 3 heterocycles. The Bertz CT molecular complexity index is 1220. The van der Waals surface area contributed by atoms with Crippen molar-refractivity contribution in [2.75, 3.05) is 13.1 Å². The predicted octanol–water partition coefficient (Wildman–Crippen LogP) is 3.32. The molecule has 0 radical (unpaired) electrons. The molecule has 1 saturated heterocycles. The van der Waals surface area contributed by atoms with Crippen LogP contribution < -0.4 is 10.5 Å². The maximum Gasteiger partial charge on any atom is 0.328 e. The fraction of sp³-hybridized carbons (Fsp3) is 0.360. The van der Waals surface area contributed by atoms with Crippen molar-refractivity contribution in [3.8, 4) is 17.0 Å². The first-order valence-electron chi connectivity index (χ1n) is 11.1. The molecule has 8 nitrogen and oxygen atoms in total. The lowest BCUT2D eigenvalue weighted by Gasteiger charge is -2.15. The number of carbonyl (C=O) groups is 2. The van der Waals surface area contributed by atoms with Crippen LogP contribution in [-0.4, -0.2) is 51.1 Å². The zero-order chi connectivity index (χ0) is 23.7. The van der Waals surface area contributed by atoms with Gasteiger partial charge in [-0.3, -0.25) is 4.79 Å². The highest BCUT2D eigenvalue weighted by atomic mass is 16.5. The van der Waals surface area contributed by atoms with Gasteiger partial charge in [0.2, 0.25) is 5.91 Å². The lowest BCUT2D eigenvalue weighted by molar-refractivity contribution is -0.136. The summed E-state index contributed by atoms with van der Waals surface area (Å²) >= 11 is 0. The highest BCUT2D eigenvalue weighted by Crippen LogP contribution is 2.35. The maximum absolute atomic E-state index is 12.4. The van der Waals surface area contributed by atoms with E-state index in [0.29, 0.717) is 35.7 Å². The number of nitrogens with zero attached hydrogens (tertiary/aromatic N) is 3. The van der Waals surface area contributed by atoms with E-state index in [1.54, 1.807) is 12.1 Å². The Hall–Kier alpha value is -3.52. The summed E-state index contributed by atoms with van der Waals surface area (Å²) in [5.74, 6) is 0.0468. The van der Waals surface area contributed by atoms with Crippen LogP contribution in [0.2, 0.25) is 0 Å². The van der Waals surface area contributed by atoms with Gasteiger partial charge in [0.15, 0.2) is 5.65 Å². The number of amides is 1. The van der Waals surface area contributed by atoms with Crippen molar-refractivity contribution >= 4 is 22.9 Å². The smallest absolute Gasteiger partial charge is 0.328 e. The summed E-state index contributed by atoms with van der Waals surface area (Å²) in [4.78, 5) is 29.6. The molecule has 0 spiro atoms. The van der Waals surface area contributed by atoms with Gasteiger partial charge >= 0.3 is 5.97 Å². The van der Waals surface area contributed by atoms with E-state index in [2.05, 4.69) is 21.8 Å². The number of carbonyl (C=O) groups excluding carboxylic acids is 2. The first-order chi connectivity index (χ1) is 15.8. The van der Waals surface area contributed by atoms with E-state index >= 15 is 0 Å². The zero-order valence-corrected chi connectivity index (χ0v) is 19.2. The topological polar surface area (TPSA) is 114 Å². The van der Waals surface area contributed by atoms with Gasteiger partial charge in [-0.1, -0.05) is 32.6 Å². The summed E-state index contributed by atoms with van der Waals surface area (Å²) in [7, 11) is 0. The molecule has 3 aromatic rings. The predicted molar refractivity (Wildman–Crippen MR) is 127 cm³/mol. The molecule has 8 heteroatoms. The van der Waals surface area contributed by atoms with Crippen LogP contribution in [0.15, 0.2) is 43.0 Å². The molecule has 172 valence electrons. The Balaban J connectivity index is 1.65. The summed E-state index contributed by atoms with van der Waals surface area (Å²) in [5, 5.41) is 9.73. The molecule has 1 aromatic carbocycles. The van der Waals surface area contributed by atoms with Crippen LogP contribution in [-0.2, 0) is 9.59 Å². The molecule has 2 atom stereocenters. The van der Waals surface area contributed by atoms with E-state index in [1.807, 2.05) is 43.9 Å². The van der Waals surface area contributed by atoms with Gasteiger partial charge in [0.05, 0.1) is 5.69 Å². The molecule has 0 unspecified atom stereocenters. The van der Waals surface area contributed by atoms with Crippen molar-refractivity contribution in [2.45, 2.75) is 39.2 Å². The largest absolute Gasteiger partial charge is 0.425 e. The van der Waals surface area contributed by atoms with Crippen LogP contribution in [0.1, 0.15) is 37.4 Å². The van der Waals surface area contributed by atoms with Gasteiger partial charge in [0, 0.05) is 35.7 Å². The normalized spacial score (nSPS) is 16.9. The Morgan fingerprint density at radius 2 is 2.06 bits per heavy atom. The van der Waals surface area contributed by atoms with Gasteiger partial charge in [-0.2, -0.15) is 0 Å². The molecule has 0 aliphatic carbocycles. The third kappa shape index (κ3) is 4.39. The summed E-state index contributed by atoms with van der Waals surface area (Å²) in [6, 6.07) is 8.48. The van der Waals surface area contributed by atoms with Gasteiger partial charge in [0.25, 0.3) is 0 Å². The number of rotatable bonds is 6. The molecule has 1 amide bonds. The number of ether oxygens (including phenoxy) is 1. The summed E-state index contributed by atoms with van der Waals surface area (Å²) < 4.78 is 5.61. The number of nitrogens with one attached hydrogen (secondary N) is 1. The number of para-hydroxylation sites is 1. The summed E-state index contributed by atoms with van der Waals surface area (Å²) in [6.45, 7) is 10.7. The second kappa shape index (κ2) is 9.15. The van der Waals surface area contributed by atoms with Gasteiger partial charge in [-0.05, 0) is 49.1 Å². The van der Waals surface area contributed by atoms with Crippen molar-refractivity contribution in [2.24, 2.45) is 11.7 Å². The second-order valence-corrected chi connectivity index (χ2v) is 8.82. The van der Waals surface area contributed by atoms with E-state index < -0.39 is 12.0 Å². The first kappa shape index (κ1) is 22.7. The zero-order valence-electron chi connectivity index (χ0n) is 19.2. The average Bonchev–Trinajstić information content (AvgIpc) is 3.43. The molecule has 0 bridgehead atoms. The number of likely N-dealkylation sites (tertiary alicyclic amines) is 1. The summed E-state index contributed by atoms with van der Waals surface area (Å²) in [6.07, 6.45) is 2.24. The summed E-state index contributed by atoms with van der Waals surface area (Å²) in [5.41, 5.74) is 10.1. The van der Waals surface area contributed by atoms with Crippen molar-refractivity contribution in [3.63, 3.8) is 0 Å². The average molecular weight is 448 g/mol. The molecule has 1 fully saturated rings. The molecule has 1 aliphatic rings. The van der Waals surface area contributed by atoms with Crippen LogP contribution in [0.5, 0.6) is 5.75 Å². The quantitative estimate of drug-likeness (QED) is 0.340. The van der Waals surface area contributed by atoms with E-state index in [1.165, 1.54) is 6.08 Å². The Kier molecular flexibility index (Phi) is 6.29. The standard InChI is InChI=1S/C25H29N5O3/c1-5-21(31)30-11-10-16(13-30)23-15(4)18-12-19(28-29-24(18)27-23)17-8-6-7-9-20(17)33-25(32)22(26)14(2)3/h5-9,12,14,16,22H,1,10-11,13,26H2,2-4H3,(H,27,29)/t16-,22+/m0/s1. The van der Waals surface area contributed by atoms with Crippen LogP contribution >= 0.6 is 0 Å². The molecular weight excluding hydrogens is 418 g/mol. The van der Waals surface area contributed by atoms with Crippen molar-refractivity contribution < 1.29 is 14.3 Å². The van der Waals surface area contributed by atoms with Crippen LogP contribution in [0.3, 0.4) is 0 Å². The number of nitrogens with two attached hydrogens (primary N) is 1. The first-order valence-corrected chi connectivity index (χ1v) is 11.1. The lowest BCUT2D eigenvalue weighted by atomic mass is 10.00. The SMILES string of the molecule is C=CC(=O)N1CC[C@H](c2[nH]c3nnc(-c4ccccc4OC(=O)[C@H](N)C(C)C)cc3c2C)C1. The highest BCUT2D eigenvalue weighted by Gasteiger charge is 2.29. The van der Waals surface area contributed by atoms with Gasteiger partial charge < -0.3 is 20.4 Å². The molecule has 0 saturated carbocycles. The third-order valence-electron chi connectivity index (χ3n) is 6.30. The van der Waals surface area contributed by atoms with Crippen molar-refractivity contribution in [1.82, 2.24) is 20.1 Å². The molecule has 1 aliphatic heterocycles. The van der Waals surface area contributed by atoms with E-state index in [0.717, 1.165) is 23.1 Å². The molecule has 2 aromatic heterocycles. The Labute approximate surface area is 192 Å². The number of fused-ring (bicyclic) bond motifs is 1. The van der Waals surface area contributed by atoms with Crippen LogP contribution in [0, 0.1) is 12.8 Å². The van der Waals surface area contributed by atoms with Crippen molar-refractivity contribution in [3.05, 3.63) is 54.2 Å². The van der Waals surface area contributed by atoms with Gasteiger partial charge in [-0.25, -0.2) is 4.79 Å². The van der Waals surface area contributed by atoms with Gasteiger partial charge in [0.1, 0.15) is 11.8 Å². The number of H-pyrrole nitrogens is 1. The van der Waals surface area contributed by atoms with E-state index in [4.69, 9.17) is 10.5 Å². The number of aryl methyl sites for hydroxylation is 1. The Morgan fingerprint density at radius 3 is 2.79 bits per heavy atom.